The van der Waals surface area contributed by atoms with Gasteiger partial charge in [0, 0.05) is 50.9 Å². The standard InChI is InChI=1S/C18H25FN4O2/c1-13(2)23-12-15(11-17(23)24)20-18(25)22-9-7-21(8-10-22)16-5-3-14(19)4-6-16/h3-6,13,15H,7-12H2,1-2H3,(H,20,25). The van der Waals surface area contributed by atoms with Gasteiger partial charge in [-0.1, -0.05) is 0 Å². The summed E-state index contributed by atoms with van der Waals surface area (Å²) in [4.78, 5) is 30.1. The Balaban J connectivity index is 1.49. The van der Waals surface area contributed by atoms with Crippen molar-refractivity contribution in [3.8, 4) is 0 Å². The molecule has 25 heavy (non-hydrogen) atoms. The van der Waals surface area contributed by atoms with Crippen LogP contribution in [0.15, 0.2) is 24.3 Å². The van der Waals surface area contributed by atoms with E-state index in [1.165, 1.54) is 12.1 Å². The Hall–Kier alpha value is -2.31. The Morgan fingerprint density at radius 1 is 1.16 bits per heavy atom. The van der Waals surface area contributed by atoms with Crippen LogP contribution < -0.4 is 10.2 Å². The molecule has 1 N–H and O–H groups in total. The predicted molar refractivity (Wildman–Crippen MR) is 94.0 cm³/mol. The molecule has 2 fully saturated rings. The SMILES string of the molecule is CC(C)N1CC(NC(=O)N2CCN(c3ccc(F)cc3)CC2)CC1=O. The van der Waals surface area contributed by atoms with E-state index in [1.54, 1.807) is 21.9 Å². The van der Waals surface area contributed by atoms with Gasteiger partial charge in [0.1, 0.15) is 5.82 Å². The fourth-order valence-electron chi connectivity index (χ4n) is 3.41. The molecule has 0 spiro atoms. The van der Waals surface area contributed by atoms with Gasteiger partial charge >= 0.3 is 6.03 Å². The molecule has 3 rings (SSSR count). The van der Waals surface area contributed by atoms with E-state index in [1.807, 2.05) is 13.8 Å². The minimum absolute atomic E-state index is 0.0985. The molecule has 0 bridgehead atoms. The van der Waals surface area contributed by atoms with Crippen LogP contribution in [0.5, 0.6) is 0 Å². The number of likely N-dealkylation sites (tertiary alicyclic amines) is 1. The van der Waals surface area contributed by atoms with Gasteiger partial charge in [-0.25, -0.2) is 9.18 Å². The van der Waals surface area contributed by atoms with Crippen LogP contribution in [0.25, 0.3) is 0 Å². The summed E-state index contributed by atoms with van der Waals surface area (Å²) in [5.41, 5.74) is 0.968. The second-order valence-electron chi connectivity index (χ2n) is 6.94. The lowest BCUT2D eigenvalue weighted by molar-refractivity contribution is -0.129. The largest absolute Gasteiger partial charge is 0.368 e. The molecule has 1 unspecified atom stereocenters. The molecule has 2 heterocycles. The second kappa shape index (κ2) is 7.29. The number of nitrogens with one attached hydrogen (secondary N) is 1. The van der Waals surface area contributed by atoms with Crippen LogP contribution in [0.4, 0.5) is 14.9 Å². The molecule has 136 valence electrons. The molecule has 3 amide bonds. The van der Waals surface area contributed by atoms with Crippen molar-refractivity contribution in [2.24, 2.45) is 0 Å². The zero-order chi connectivity index (χ0) is 18.0. The molecule has 1 aromatic carbocycles. The van der Waals surface area contributed by atoms with Gasteiger partial charge in [-0.3, -0.25) is 4.79 Å². The number of piperazine rings is 1. The zero-order valence-corrected chi connectivity index (χ0v) is 14.7. The van der Waals surface area contributed by atoms with E-state index in [0.717, 1.165) is 5.69 Å². The number of anilines is 1. The van der Waals surface area contributed by atoms with Gasteiger partial charge in [-0.05, 0) is 38.1 Å². The molecule has 0 aromatic heterocycles. The van der Waals surface area contributed by atoms with Crippen molar-refractivity contribution in [1.29, 1.82) is 0 Å². The molecule has 6 nitrogen and oxygen atoms in total. The molecule has 1 atom stereocenters. The van der Waals surface area contributed by atoms with Crippen molar-refractivity contribution in [2.45, 2.75) is 32.4 Å². The Morgan fingerprint density at radius 3 is 2.36 bits per heavy atom. The lowest BCUT2D eigenvalue weighted by Gasteiger charge is -2.36. The molecule has 2 aliphatic heterocycles. The molecular weight excluding hydrogens is 323 g/mol. The highest BCUT2D eigenvalue weighted by atomic mass is 19.1. The van der Waals surface area contributed by atoms with Crippen LogP contribution in [-0.4, -0.2) is 66.5 Å². The van der Waals surface area contributed by atoms with Crippen molar-refractivity contribution >= 4 is 17.6 Å². The maximum absolute atomic E-state index is 13.0. The van der Waals surface area contributed by atoms with Gasteiger partial charge in [0.2, 0.25) is 5.91 Å². The maximum Gasteiger partial charge on any atom is 0.317 e. The number of benzene rings is 1. The van der Waals surface area contributed by atoms with Gasteiger partial charge in [0.05, 0.1) is 6.04 Å². The Bertz CT molecular complexity index is 626. The fourth-order valence-corrected chi connectivity index (χ4v) is 3.41. The molecule has 7 heteroatoms. The summed E-state index contributed by atoms with van der Waals surface area (Å²) in [6.45, 7) is 7.18. The lowest BCUT2D eigenvalue weighted by Crippen LogP contribution is -2.54. The Morgan fingerprint density at radius 2 is 1.80 bits per heavy atom. The smallest absolute Gasteiger partial charge is 0.317 e. The van der Waals surface area contributed by atoms with Gasteiger partial charge in [-0.2, -0.15) is 0 Å². The quantitative estimate of drug-likeness (QED) is 0.904. The molecule has 2 saturated heterocycles. The third kappa shape index (κ3) is 4.03. The van der Waals surface area contributed by atoms with Crippen molar-refractivity contribution in [2.75, 3.05) is 37.6 Å². The Kier molecular flexibility index (Phi) is 5.11. The lowest BCUT2D eigenvalue weighted by atomic mass is 10.2. The summed E-state index contributed by atoms with van der Waals surface area (Å²) >= 11 is 0. The fraction of sp³-hybridized carbons (Fsp3) is 0.556. The van der Waals surface area contributed by atoms with E-state index in [0.29, 0.717) is 39.1 Å². The highest BCUT2D eigenvalue weighted by molar-refractivity contribution is 5.82. The minimum atomic E-state index is -0.247. The van der Waals surface area contributed by atoms with Crippen LogP contribution in [-0.2, 0) is 4.79 Å². The van der Waals surface area contributed by atoms with Crippen LogP contribution in [0.2, 0.25) is 0 Å². The van der Waals surface area contributed by atoms with Gasteiger partial charge < -0.3 is 20.0 Å². The molecule has 2 aliphatic rings. The topological polar surface area (TPSA) is 55.9 Å². The summed E-state index contributed by atoms with van der Waals surface area (Å²) < 4.78 is 13.0. The van der Waals surface area contributed by atoms with Crippen molar-refractivity contribution in [3.05, 3.63) is 30.1 Å². The van der Waals surface area contributed by atoms with Crippen LogP contribution in [0, 0.1) is 5.82 Å². The molecule has 1 aromatic rings. The summed E-state index contributed by atoms with van der Waals surface area (Å²) in [5, 5.41) is 2.98. The highest BCUT2D eigenvalue weighted by Crippen LogP contribution is 2.18. The van der Waals surface area contributed by atoms with Crippen molar-refractivity contribution in [3.63, 3.8) is 0 Å². The van der Waals surface area contributed by atoms with E-state index in [9.17, 15) is 14.0 Å². The van der Waals surface area contributed by atoms with Crippen molar-refractivity contribution in [1.82, 2.24) is 15.1 Å². The second-order valence-corrected chi connectivity index (χ2v) is 6.94. The average molecular weight is 348 g/mol. The summed E-state index contributed by atoms with van der Waals surface area (Å²) in [6, 6.07) is 6.36. The number of hydrogen-bond donors (Lipinski definition) is 1. The van der Waals surface area contributed by atoms with Gasteiger partial charge in [0.25, 0.3) is 0 Å². The number of urea groups is 1. The van der Waals surface area contributed by atoms with Crippen LogP contribution in [0.1, 0.15) is 20.3 Å². The number of carbonyl (C=O) groups is 2. The minimum Gasteiger partial charge on any atom is -0.368 e. The third-order valence-electron chi connectivity index (χ3n) is 4.87. The molecule has 0 saturated carbocycles. The monoisotopic (exact) mass is 348 g/mol. The van der Waals surface area contributed by atoms with E-state index in [2.05, 4.69) is 10.2 Å². The number of nitrogens with zero attached hydrogens (tertiary/aromatic N) is 3. The van der Waals surface area contributed by atoms with Crippen LogP contribution >= 0.6 is 0 Å². The van der Waals surface area contributed by atoms with E-state index in [-0.39, 0.29) is 29.8 Å². The van der Waals surface area contributed by atoms with Gasteiger partial charge in [0.15, 0.2) is 0 Å². The van der Waals surface area contributed by atoms with Gasteiger partial charge in [-0.15, -0.1) is 0 Å². The first kappa shape index (κ1) is 17.5. The van der Waals surface area contributed by atoms with Crippen LogP contribution in [0.3, 0.4) is 0 Å². The number of hydrogen-bond acceptors (Lipinski definition) is 3. The molecule has 0 aliphatic carbocycles. The number of halogens is 1. The van der Waals surface area contributed by atoms with E-state index < -0.39 is 0 Å². The van der Waals surface area contributed by atoms with E-state index in [4.69, 9.17) is 0 Å². The first-order valence-electron chi connectivity index (χ1n) is 8.79. The molecular formula is C18H25FN4O2. The predicted octanol–water partition coefficient (Wildman–Crippen LogP) is 1.67. The average Bonchev–Trinajstić information content (AvgIpc) is 2.96. The summed E-state index contributed by atoms with van der Waals surface area (Å²) in [7, 11) is 0. The highest BCUT2D eigenvalue weighted by Gasteiger charge is 2.33. The third-order valence-corrected chi connectivity index (χ3v) is 4.87. The maximum atomic E-state index is 13.0. The number of carbonyl (C=O) groups excluding carboxylic acids is 2. The summed E-state index contributed by atoms with van der Waals surface area (Å²) in [5.74, 6) is -0.148. The zero-order valence-electron chi connectivity index (χ0n) is 14.7. The normalized spacial score (nSPS) is 21.2. The number of rotatable bonds is 3. The first-order chi connectivity index (χ1) is 11.9. The van der Waals surface area contributed by atoms with Crippen molar-refractivity contribution < 1.29 is 14.0 Å². The Labute approximate surface area is 147 Å². The first-order valence-corrected chi connectivity index (χ1v) is 8.79. The number of amides is 3. The molecule has 0 radical (unpaired) electrons. The summed E-state index contributed by atoms with van der Waals surface area (Å²) in [6.07, 6.45) is 0.374. The van der Waals surface area contributed by atoms with E-state index >= 15 is 0 Å².